The van der Waals surface area contributed by atoms with Gasteiger partial charge in [0.1, 0.15) is 0 Å². The zero-order valence-electron chi connectivity index (χ0n) is 17.5. The van der Waals surface area contributed by atoms with E-state index in [0.717, 1.165) is 16.7 Å². The number of nitrogens with zero attached hydrogens (tertiary/aromatic N) is 4. The van der Waals surface area contributed by atoms with Crippen LogP contribution in [0.15, 0.2) is 59.9 Å². The van der Waals surface area contributed by atoms with Crippen molar-refractivity contribution in [1.82, 2.24) is 15.2 Å². The molecular weight excluding hydrogens is 378 g/mol. The molecule has 0 amide bonds. The lowest BCUT2D eigenvalue weighted by molar-refractivity contribution is -0.137. The predicted octanol–water partition coefficient (Wildman–Crippen LogP) is 4.17. The van der Waals surface area contributed by atoms with Crippen LogP contribution >= 0.6 is 0 Å². The van der Waals surface area contributed by atoms with E-state index in [1.165, 1.54) is 0 Å². The van der Waals surface area contributed by atoms with Crippen molar-refractivity contribution in [3.8, 4) is 6.19 Å². The summed E-state index contributed by atoms with van der Waals surface area (Å²) in [5.41, 5.74) is 3.57. The number of carboxylic acids is 1. The Morgan fingerprint density at radius 1 is 1.33 bits per heavy atom. The van der Waals surface area contributed by atoms with Crippen LogP contribution in [0.3, 0.4) is 0 Å². The maximum atomic E-state index is 10.8. The second kappa shape index (κ2) is 11.4. The highest BCUT2D eigenvalue weighted by Crippen LogP contribution is 2.27. The molecule has 0 saturated heterocycles. The number of aliphatic imine (C=N–C) groups is 1. The van der Waals surface area contributed by atoms with Crippen LogP contribution in [0.2, 0.25) is 0 Å². The highest BCUT2D eigenvalue weighted by molar-refractivity contribution is 5.85. The van der Waals surface area contributed by atoms with E-state index in [9.17, 15) is 4.79 Å². The zero-order chi connectivity index (χ0) is 21.9. The number of aromatic nitrogens is 1. The molecule has 2 rings (SSSR count). The largest absolute Gasteiger partial charge is 0.481 e. The van der Waals surface area contributed by atoms with E-state index in [0.29, 0.717) is 24.5 Å². The first-order valence-electron chi connectivity index (χ1n) is 9.81. The van der Waals surface area contributed by atoms with E-state index >= 15 is 0 Å². The average Bonchev–Trinajstić information content (AvgIpc) is 2.73. The molecule has 0 fully saturated rings. The smallest absolute Gasteiger partial charge is 0.303 e. The number of nitrogens with one attached hydrogen (secondary N) is 1. The van der Waals surface area contributed by atoms with Crippen molar-refractivity contribution < 1.29 is 9.90 Å². The molecule has 0 atom stereocenters. The third kappa shape index (κ3) is 6.74. The van der Waals surface area contributed by atoms with Crippen LogP contribution in [0.1, 0.15) is 44.2 Å². The molecule has 0 bridgehead atoms. The molecule has 0 unspecified atom stereocenters. The summed E-state index contributed by atoms with van der Waals surface area (Å²) in [6.45, 7) is 4.04. The molecule has 0 aliphatic carbocycles. The summed E-state index contributed by atoms with van der Waals surface area (Å²) in [6.07, 6.45) is 8.81. The Kier molecular flexibility index (Phi) is 8.57. The summed E-state index contributed by atoms with van der Waals surface area (Å²) in [5.74, 6) is -0.326. The van der Waals surface area contributed by atoms with E-state index in [1.54, 1.807) is 12.4 Å². The molecule has 0 radical (unpaired) electrons. The fraction of sp³-hybridized carbons (Fsp3) is 0.304. The molecule has 0 aliphatic heterocycles. The van der Waals surface area contributed by atoms with Gasteiger partial charge in [-0.05, 0) is 56.0 Å². The second-order valence-corrected chi connectivity index (χ2v) is 7.07. The number of pyridine rings is 1. The molecule has 0 aliphatic rings. The van der Waals surface area contributed by atoms with Gasteiger partial charge in [0.05, 0.1) is 5.69 Å². The minimum Gasteiger partial charge on any atom is -0.481 e. The molecule has 7 heteroatoms. The molecule has 0 spiro atoms. The molecule has 1 heterocycles. The first-order valence-corrected chi connectivity index (χ1v) is 9.81. The molecule has 156 valence electrons. The second-order valence-electron chi connectivity index (χ2n) is 7.07. The number of carbonyl (C=O) groups is 1. The van der Waals surface area contributed by atoms with Crippen LogP contribution in [0.5, 0.6) is 0 Å². The van der Waals surface area contributed by atoms with E-state index < -0.39 is 5.97 Å². The Morgan fingerprint density at radius 2 is 2.10 bits per heavy atom. The fourth-order valence-electron chi connectivity index (χ4n) is 2.78. The number of unbranched alkanes of at least 4 members (excludes halogenated alkanes) is 1. The quantitative estimate of drug-likeness (QED) is 0.225. The number of hydrogen-bond acceptors (Lipinski definition) is 4. The topological polar surface area (TPSA) is 102 Å². The minimum absolute atomic E-state index is 0.131. The number of allylic oxidation sites excluding steroid dienone is 1. The van der Waals surface area contributed by atoms with Gasteiger partial charge in [-0.2, -0.15) is 5.26 Å². The van der Waals surface area contributed by atoms with E-state index in [2.05, 4.69) is 15.3 Å². The van der Waals surface area contributed by atoms with Crippen LogP contribution in [0.25, 0.3) is 5.57 Å². The predicted molar refractivity (Wildman–Crippen MR) is 118 cm³/mol. The van der Waals surface area contributed by atoms with E-state index in [4.69, 9.17) is 10.4 Å². The lowest BCUT2D eigenvalue weighted by Gasteiger charge is -2.23. The lowest BCUT2D eigenvalue weighted by atomic mass is 9.97. The molecule has 30 heavy (non-hydrogen) atoms. The maximum absolute atomic E-state index is 10.8. The third-order valence-electron chi connectivity index (χ3n) is 4.58. The van der Waals surface area contributed by atoms with Crippen molar-refractivity contribution in [1.29, 1.82) is 5.26 Å². The van der Waals surface area contributed by atoms with Crippen molar-refractivity contribution in [3.05, 3.63) is 66.0 Å². The van der Waals surface area contributed by atoms with Crippen molar-refractivity contribution in [2.45, 2.75) is 39.2 Å². The number of hydrogen-bond donors (Lipinski definition) is 2. The van der Waals surface area contributed by atoms with E-state index in [-0.39, 0.29) is 12.5 Å². The molecular formula is C23H27N5O2. The Bertz CT molecular complexity index is 946. The number of rotatable bonds is 8. The monoisotopic (exact) mass is 405 g/mol. The van der Waals surface area contributed by atoms with Gasteiger partial charge in [0, 0.05) is 37.5 Å². The SMILES string of the molecule is CC(C)N(C)C(=Nc1cccc(/C(=C\CCCC(=O)O)c2cccnc2)c1)NC#N. The molecule has 1 aromatic heterocycles. The highest BCUT2D eigenvalue weighted by Gasteiger charge is 2.11. The average molecular weight is 406 g/mol. The Hall–Kier alpha value is -3.66. The summed E-state index contributed by atoms with van der Waals surface area (Å²) in [7, 11) is 1.88. The molecule has 2 N–H and O–H groups in total. The fourth-order valence-corrected chi connectivity index (χ4v) is 2.78. The first-order chi connectivity index (χ1) is 14.4. The number of carboxylic acid groups (broad SMARTS) is 1. The summed E-state index contributed by atoms with van der Waals surface area (Å²) in [4.78, 5) is 21.5. The number of guanidine groups is 1. The van der Waals surface area contributed by atoms with E-state index in [1.807, 2.05) is 74.5 Å². The normalized spacial score (nSPS) is 11.8. The van der Waals surface area contributed by atoms with Crippen molar-refractivity contribution >= 4 is 23.2 Å². The van der Waals surface area contributed by atoms with Crippen LogP contribution in [-0.2, 0) is 4.79 Å². The van der Waals surface area contributed by atoms with Gasteiger partial charge in [0.2, 0.25) is 5.96 Å². The first kappa shape index (κ1) is 22.6. The Morgan fingerprint density at radius 3 is 2.73 bits per heavy atom. The molecule has 2 aromatic rings. The van der Waals surface area contributed by atoms with Crippen LogP contribution in [-0.4, -0.2) is 40.0 Å². The van der Waals surface area contributed by atoms with Gasteiger partial charge in [-0.1, -0.05) is 24.3 Å². The van der Waals surface area contributed by atoms with Crippen LogP contribution in [0.4, 0.5) is 5.69 Å². The lowest BCUT2D eigenvalue weighted by Crippen LogP contribution is -2.40. The van der Waals surface area contributed by atoms with Crippen molar-refractivity contribution in [2.24, 2.45) is 4.99 Å². The van der Waals surface area contributed by atoms with Gasteiger partial charge in [0.25, 0.3) is 0 Å². The number of nitriles is 1. The minimum atomic E-state index is -0.797. The molecule has 0 saturated carbocycles. The highest BCUT2D eigenvalue weighted by atomic mass is 16.4. The van der Waals surface area contributed by atoms with Crippen LogP contribution in [0, 0.1) is 11.5 Å². The molecule has 1 aromatic carbocycles. The number of benzene rings is 1. The zero-order valence-corrected chi connectivity index (χ0v) is 17.5. The summed E-state index contributed by atoms with van der Waals surface area (Å²) in [5, 5.41) is 20.6. The maximum Gasteiger partial charge on any atom is 0.303 e. The van der Waals surface area contributed by atoms with Gasteiger partial charge >= 0.3 is 5.97 Å². The standard InChI is InChI=1S/C23H27N5O2/c1-17(2)28(3)23(26-16-24)27-20-10-6-8-18(14-20)21(11-4-5-12-22(29)30)19-9-7-13-25-15-19/h6-11,13-15,17H,4-5,12H2,1-3H3,(H,26,27)(H,29,30)/b21-11+. The Labute approximate surface area is 177 Å². The van der Waals surface area contributed by atoms with Gasteiger partial charge in [-0.3, -0.25) is 15.1 Å². The summed E-state index contributed by atoms with van der Waals surface area (Å²) < 4.78 is 0. The number of aliphatic carboxylic acids is 1. The van der Waals surface area contributed by atoms with Crippen molar-refractivity contribution in [3.63, 3.8) is 0 Å². The van der Waals surface area contributed by atoms with Crippen molar-refractivity contribution in [2.75, 3.05) is 7.05 Å². The summed E-state index contributed by atoms with van der Waals surface area (Å²) in [6, 6.07) is 11.7. The summed E-state index contributed by atoms with van der Waals surface area (Å²) >= 11 is 0. The van der Waals surface area contributed by atoms with Gasteiger partial charge < -0.3 is 10.0 Å². The Balaban J connectivity index is 2.40. The van der Waals surface area contributed by atoms with Gasteiger partial charge in [0.15, 0.2) is 6.19 Å². The third-order valence-corrected chi connectivity index (χ3v) is 4.58. The van der Waals surface area contributed by atoms with Crippen LogP contribution < -0.4 is 5.32 Å². The van der Waals surface area contributed by atoms with Gasteiger partial charge in [-0.15, -0.1) is 0 Å². The molecule has 7 nitrogen and oxygen atoms in total. The van der Waals surface area contributed by atoms with Gasteiger partial charge in [-0.25, -0.2) is 4.99 Å².